The van der Waals surface area contributed by atoms with E-state index >= 15 is 0 Å². The number of nitrogens with one attached hydrogen (secondary N) is 1. The Morgan fingerprint density at radius 3 is 2.25 bits per heavy atom. The van der Waals surface area contributed by atoms with E-state index in [0.717, 1.165) is 11.1 Å². The lowest BCUT2D eigenvalue weighted by Gasteiger charge is -2.23. The zero-order valence-electron chi connectivity index (χ0n) is 8.50. The van der Waals surface area contributed by atoms with E-state index in [-0.39, 0.29) is 0 Å². The molecule has 1 aromatic carbocycles. The van der Waals surface area contributed by atoms with E-state index in [1.807, 2.05) is 0 Å². The van der Waals surface area contributed by atoms with Gasteiger partial charge in [-0.05, 0) is 6.08 Å². The molecule has 2 atom stereocenters. The fourth-order valence-electron chi connectivity index (χ4n) is 1.71. The molecular weight excluding hydrogens is 208 g/mol. The van der Waals surface area contributed by atoms with Gasteiger partial charge in [-0.3, -0.25) is 10.2 Å². The third kappa shape index (κ3) is 1.61. The summed E-state index contributed by atoms with van der Waals surface area (Å²) in [5, 5.41) is 20.8. The molecule has 1 amide bonds. The summed E-state index contributed by atoms with van der Waals surface area (Å²) in [6.45, 7) is 3.30. The van der Waals surface area contributed by atoms with Crippen LogP contribution in [-0.2, 0) is 4.79 Å². The number of fused-ring (bicyclic) bond motifs is 1. The summed E-state index contributed by atoms with van der Waals surface area (Å²) < 4.78 is 0. The smallest absolute Gasteiger partial charge is 0.257 e. The molecule has 1 heterocycles. The number of hydrogen-bond acceptors (Lipinski definition) is 4. The van der Waals surface area contributed by atoms with Crippen molar-refractivity contribution in [1.29, 1.82) is 0 Å². The minimum atomic E-state index is -1.05. The number of benzene rings is 1. The molecule has 0 saturated carbocycles. The van der Waals surface area contributed by atoms with Gasteiger partial charge in [-0.2, -0.15) is 5.01 Å². The van der Waals surface area contributed by atoms with E-state index in [1.165, 1.54) is 0 Å². The fourth-order valence-corrected chi connectivity index (χ4v) is 1.71. The normalized spacial score (nSPS) is 23.9. The summed E-state index contributed by atoms with van der Waals surface area (Å²) in [6.07, 6.45) is -1.02. The van der Waals surface area contributed by atoms with Gasteiger partial charge < -0.3 is 10.2 Å². The Balaban J connectivity index is 2.27. The highest BCUT2D eigenvalue weighted by Gasteiger charge is 2.36. The molecule has 0 aliphatic carbocycles. The summed E-state index contributed by atoms with van der Waals surface area (Å²) in [6, 6.07) is 6.91. The third-order valence-corrected chi connectivity index (χ3v) is 2.50. The zero-order chi connectivity index (χ0) is 11.7. The lowest BCUT2D eigenvalue weighted by Crippen LogP contribution is -2.42. The standard InChI is InChI=1S/C11H12N2O3/c1-2-9(14)12-13-10(15)7-5-3-4-6-8(7)11(13)16/h2-6,10-11,15-16H,1H2,(H,12,14). The van der Waals surface area contributed by atoms with Crippen molar-refractivity contribution in [2.24, 2.45) is 0 Å². The molecule has 2 rings (SSSR count). The van der Waals surface area contributed by atoms with Crippen molar-refractivity contribution in [3.63, 3.8) is 0 Å². The van der Waals surface area contributed by atoms with Crippen molar-refractivity contribution < 1.29 is 15.0 Å². The fraction of sp³-hybridized carbons (Fsp3) is 0.182. The number of aliphatic hydroxyl groups is 2. The van der Waals surface area contributed by atoms with Gasteiger partial charge in [0.2, 0.25) is 0 Å². The van der Waals surface area contributed by atoms with Crippen LogP contribution in [0.1, 0.15) is 23.6 Å². The van der Waals surface area contributed by atoms with E-state index in [1.54, 1.807) is 24.3 Å². The minimum Gasteiger partial charge on any atom is -0.372 e. The van der Waals surface area contributed by atoms with Gasteiger partial charge in [0.1, 0.15) is 0 Å². The van der Waals surface area contributed by atoms with Crippen LogP contribution in [0.3, 0.4) is 0 Å². The molecule has 2 unspecified atom stereocenters. The SMILES string of the molecule is C=CC(=O)NN1C(O)c2ccccc2C1O. The van der Waals surface area contributed by atoms with Crippen molar-refractivity contribution in [1.82, 2.24) is 10.4 Å². The lowest BCUT2D eigenvalue weighted by atomic mass is 10.1. The molecule has 0 saturated heterocycles. The summed E-state index contributed by atoms with van der Waals surface area (Å²) in [5.74, 6) is -0.481. The van der Waals surface area contributed by atoms with Crippen molar-refractivity contribution in [3.8, 4) is 0 Å². The minimum absolute atomic E-state index is 0.481. The first kappa shape index (κ1) is 10.8. The highest BCUT2D eigenvalue weighted by atomic mass is 16.3. The van der Waals surface area contributed by atoms with Gasteiger partial charge in [0.15, 0.2) is 12.5 Å². The number of hydrazine groups is 1. The second-order valence-electron chi connectivity index (χ2n) is 3.46. The molecule has 5 nitrogen and oxygen atoms in total. The van der Waals surface area contributed by atoms with Crippen LogP contribution in [0, 0.1) is 0 Å². The second-order valence-corrected chi connectivity index (χ2v) is 3.46. The summed E-state index contributed by atoms with van der Waals surface area (Å²) in [5.41, 5.74) is 3.52. The van der Waals surface area contributed by atoms with Crippen LogP contribution < -0.4 is 5.43 Å². The maximum absolute atomic E-state index is 11.1. The molecule has 0 fully saturated rings. The predicted octanol–water partition coefficient (Wildman–Crippen LogP) is 0.201. The van der Waals surface area contributed by atoms with Gasteiger partial charge in [-0.1, -0.05) is 30.8 Å². The highest BCUT2D eigenvalue weighted by Crippen LogP contribution is 2.36. The Labute approximate surface area is 92.6 Å². The first-order valence-corrected chi connectivity index (χ1v) is 4.81. The van der Waals surface area contributed by atoms with Crippen LogP contribution in [-0.4, -0.2) is 21.1 Å². The maximum atomic E-state index is 11.1. The van der Waals surface area contributed by atoms with Crippen LogP contribution in [0.15, 0.2) is 36.9 Å². The molecule has 0 radical (unpaired) electrons. The van der Waals surface area contributed by atoms with Gasteiger partial charge >= 0.3 is 0 Å². The molecule has 0 aromatic heterocycles. The number of nitrogens with zero attached hydrogens (tertiary/aromatic N) is 1. The number of hydrogen-bond donors (Lipinski definition) is 3. The van der Waals surface area contributed by atoms with Crippen LogP contribution >= 0.6 is 0 Å². The summed E-state index contributed by atoms with van der Waals surface area (Å²) in [4.78, 5) is 11.1. The van der Waals surface area contributed by atoms with Crippen LogP contribution in [0.2, 0.25) is 0 Å². The number of amides is 1. The van der Waals surface area contributed by atoms with Crippen LogP contribution in [0.4, 0.5) is 0 Å². The van der Waals surface area contributed by atoms with Crippen molar-refractivity contribution >= 4 is 5.91 Å². The Kier molecular flexibility index (Phi) is 2.74. The van der Waals surface area contributed by atoms with Gasteiger partial charge in [-0.15, -0.1) is 0 Å². The second kappa shape index (κ2) is 4.05. The molecule has 1 aromatic rings. The lowest BCUT2D eigenvalue weighted by molar-refractivity contribution is -0.145. The summed E-state index contributed by atoms with van der Waals surface area (Å²) in [7, 11) is 0. The van der Waals surface area contributed by atoms with Gasteiger partial charge in [0, 0.05) is 11.1 Å². The van der Waals surface area contributed by atoms with E-state index in [0.29, 0.717) is 11.1 Å². The molecule has 1 aliphatic heterocycles. The Bertz CT molecular complexity index is 404. The highest BCUT2D eigenvalue weighted by molar-refractivity contribution is 5.86. The molecule has 84 valence electrons. The van der Waals surface area contributed by atoms with Crippen molar-refractivity contribution in [2.45, 2.75) is 12.5 Å². The topological polar surface area (TPSA) is 72.8 Å². The van der Waals surface area contributed by atoms with Gasteiger partial charge in [-0.25, -0.2) is 0 Å². The third-order valence-electron chi connectivity index (χ3n) is 2.50. The van der Waals surface area contributed by atoms with E-state index < -0.39 is 18.4 Å². The van der Waals surface area contributed by atoms with Gasteiger partial charge in [0.25, 0.3) is 5.91 Å². The largest absolute Gasteiger partial charge is 0.372 e. The maximum Gasteiger partial charge on any atom is 0.257 e. The zero-order valence-corrected chi connectivity index (χ0v) is 8.50. The van der Waals surface area contributed by atoms with E-state index in [9.17, 15) is 15.0 Å². The Hall–Kier alpha value is -1.69. The average molecular weight is 220 g/mol. The van der Waals surface area contributed by atoms with E-state index in [4.69, 9.17) is 0 Å². The first-order chi connectivity index (χ1) is 7.65. The molecule has 3 N–H and O–H groups in total. The van der Waals surface area contributed by atoms with Crippen molar-refractivity contribution in [3.05, 3.63) is 48.0 Å². The average Bonchev–Trinajstić information content (AvgIpc) is 2.55. The molecular formula is C11H12N2O3. The number of aliphatic hydroxyl groups excluding tert-OH is 2. The first-order valence-electron chi connectivity index (χ1n) is 4.81. The predicted molar refractivity (Wildman–Crippen MR) is 56.5 cm³/mol. The molecule has 1 aliphatic rings. The number of carbonyl (C=O) groups is 1. The summed E-state index contributed by atoms with van der Waals surface area (Å²) >= 11 is 0. The number of carbonyl (C=O) groups excluding carboxylic acids is 1. The van der Waals surface area contributed by atoms with Crippen LogP contribution in [0.25, 0.3) is 0 Å². The van der Waals surface area contributed by atoms with Crippen LogP contribution in [0.5, 0.6) is 0 Å². The number of rotatable bonds is 2. The Morgan fingerprint density at radius 2 is 1.81 bits per heavy atom. The molecule has 0 spiro atoms. The quantitative estimate of drug-likeness (QED) is 0.623. The van der Waals surface area contributed by atoms with Crippen molar-refractivity contribution in [2.75, 3.05) is 0 Å². The monoisotopic (exact) mass is 220 g/mol. The molecule has 5 heteroatoms. The van der Waals surface area contributed by atoms with Gasteiger partial charge in [0.05, 0.1) is 0 Å². The Morgan fingerprint density at radius 1 is 1.31 bits per heavy atom. The van der Waals surface area contributed by atoms with E-state index in [2.05, 4.69) is 12.0 Å². The molecule has 0 bridgehead atoms. The molecule has 16 heavy (non-hydrogen) atoms.